The van der Waals surface area contributed by atoms with Gasteiger partial charge in [0.2, 0.25) is 11.8 Å². The second-order valence-electron chi connectivity index (χ2n) is 12.1. The molecule has 2 aliphatic rings. The Labute approximate surface area is 294 Å². The van der Waals surface area contributed by atoms with E-state index in [1.54, 1.807) is 25.4 Å². The lowest BCUT2D eigenvalue weighted by atomic mass is 10.00. The molecule has 2 saturated heterocycles. The van der Waals surface area contributed by atoms with Crippen LogP contribution in [-0.2, 0) is 27.4 Å². The molecule has 6 rings (SSSR count). The van der Waals surface area contributed by atoms with Crippen LogP contribution in [0.15, 0.2) is 60.8 Å². The average Bonchev–Trinajstić information content (AvgIpc) is 3.76. The van der Waals surface area contributed by atoms with Crippen LogP contribution in [0.25, 0.3) is 22.4 Å². The number of likely N-dealkylation sites (tertiary alicyclic amines) is 1. The molecule has 0 aliphatic carbocycles. The SMILES string of the molecule is COC(=O)[C@@H]1CCN(Cc2ccnc(Nc3cccc(-c4cccc(-c5ccc(CNC[C@@H]6CCC(=O)N6)c(OC)n5)c4Cl)c3Cl)c2F)C1. The number of aromatic nitrogens is 2. The molecule has 0 radical (unpaired) electrons. The Kier molecular flexibility index (Phi) is 10.9. The third-order valence-electron chi connectivity index (χ3n) is 8.91. The Balaban J connectivity index is 1.19. The molecule has 4 aromatic rings. The van der Waals surface area contributed by atoms with E-state index in [0.29, 0.717) is 95.1 Å². The third-order valence-corrected chi connectivity index (χ3v) is 9.72. The number of nitrogens with one attached hydrogen (secondary N) is 3. The highest BCUT2D eigenvalue weighted by Crippen LogP contribution is 2.42. The minimum Gasteiger partial charge on any atom is -0.481 e. The van der Waals surface area contributed by atoms with E-state index in [9.17, 15) is 9.59 Å². The molecular weight excluding hydrogens is 670 g/mol. The van der Waals surface area contributed by atoms with Gasteiger partial charge >= 0.3 is 5.97 Å². The van der Waals surface area contributed by atoms with E-state index in [1.807, 2.05) is 47.4 Å². The summed E-state index contributed by atoms with van der Waals surface area (Å²) in [4.78, 5) is 34.5. The second-order valence-corrected chi connectivity index (χ2v) is 12.9. The monoisotopic (exact) mass is 706 g/mol. The Hall–Kier alpha value is -4.29. The molecule has 10 nitrogen and oxygen atoms in total. The van der Waals surface area contributed by atoms with E-state index in [0.717, 1.165) is 12.0 Å². The van der Waals surface area contributed by atoms with Gasteiger partial charge in [-0.1, -0.05) is 59.6 Å². The largest absolute Gasteiger partial charge is 0.481 e. The van der Waals surface area contributed by atoms with Crippen LogP contribution in [0.3, 0.4) is 0 Å². The number of halogens is 3. The number of methoxy groups -OCH3 is 2. The van der Waals surface area contributed by atoms with Gasteiger partial charge in [-0.15, -0.1) is 0 Å². The molecule has 256 valence electrons. The number of carbonyl (C=O) groups excluding carboxylic acids is 2. The fourth-order valence-electron chi connectivity index (χ4n) is 6.31. The number of anilines is 2. The number of nitrogens with zero attached hydrogens (tertiary/aromatic N) is 3. The molecule has 4 heterocycles. The van der Waals surface area contributed by atoms with Crippen LogP contribution in [0.1, 0.15) is 30.4 Å². The first-order valence-corrected chi connectivity index (χ1v) is 16.8. The molecule has 0 bridgehead atoms. The molecule has 2 aromatic carbocycles. The van der Waals surface area contributed by atoms with Crippen molar-refractivity contribution in [3.05, 3.63) is 87.8 Å². The maximum atomic E-state index is 15.7. The number of esters is 1. The molecule has 2 aromatic heterocycles. The molecule has 13 heteroatoms. The van der Waals surface area contributed by atoms with Crippen molar-refractivity contribution in [2.45, 2.75) is 38.4 Å². The Morgan fingerprint density at radius 3 is 2.55 bits per heavy atom. The highest BCUT2D eigenvalue weighted by atomic mass is 35.5. The normalized spacial score (nSPS) is 17.6. The predicted molar refractivity (Wildman–Crippen MR) is 187 cm³/mol. The van der Waals surface area contributed by atoms with Gasteiger partial charge in [-0.05, 0) is 37.6 Å². The van der Waals surface area contributed by atoms with Gasteiger partial charge < -0.3 is 25.4 Å². The van der Waals surface area contributed by atoms with E-state index in [4.69, 9.17) is 37.7 Å². The topological polar surface area (TPSA) is 118 Å². The number of hydrogen-bond donors (Lipinski definition) is 3. The van der Waals surface area contributed by atoms with Crippen molar-refractivity contribution < 1.29 is 23.5 Å². The van der Waals surface area contributed by atoms with Crippen molar-refractivity contribution in [1.29, 1.82) is 0 Å². The minimum absolute atomic E-state index is 0.0407. The van der Waals surface area contributed by atoms with Gasteiger partial charge in [0.05, 0.1) is 41.6 Å². The highest BCUT2D eigenvalue weighted by Gasteiger charge is 2.30. The van der Waals surface area contributed by atoms with E-state index in [2.05, 4.69) is 20.9 Å². The van der Waals surface area contributed by atoms with Gasteiger partial charge in [-0.3, -0.25) is 14.5 Å². The van der Waals surface area contributed by atoms with E-state index in [1.165, 1.54) is 7.11 Å². The molecule has 1 amide bonds. The van der Waals surface area contributed by atoms with E-state index >= 15 is 4.39 Å². The van der Waals surface area contributed by atoms with Crippen molar-refractivity contribution in [3.8, 4) is 28.3 Å². The van der Waals surface area contributed by atoms with Crippen LogP contribution < -0.4 is 20.7 Å². The number of amides is 1. The quantitative estimate of drug-likeness (QED) is 0.145. The van der Waals surface area contributed by atoms with E-state index in [-0.39, 0.29) is 29.7 Å². The fraction of sp³-hybridized carbons (Fsp3) is 0.333. The summed E-state index contributed by atoms with van der Waals surface area (Å²) in [5.41, 5.74) is 4.43. The maximum Gasteiger partial charge on any atom is 0.310 e. The van der Waals surface area contributed by atoms with Crippen LogP contribution >= 0.6 is 23.2 Å². The van der Waals surface area contributed by atoms with Crippen LogP contribution in [0.4, 0.5) is 15.9 Å². The van der Waals surface area contributed by atoms with Crippen molar-refractivity contribution in [2.24, 2.45) is 5.92 Å². The lowest BCUT2D eigenvalue weighted by molar-refractivity contribution is -0.145. The Bertz CT molecular complexity index is 1860. The fourth-order valence-corrected chi connectivity index (χ4v) is 6.91. The third kappa shape index (κ3) is 7.80. The smallest absolute Gasteiger partial charge is 0.310 e. The Morgan fingerprint density at radius 1 is 1.02 bits per heavy atom. The van der Waals surface area contributed by atoms with Crippen LogP contribution in [0.2, 0.25) is 10.0 Å². The minimum atomic E-state index is -0.491. The number of benzene rings is 2. The first-order chi connectivity index (χ1) is 23.7. The van der Waals surface area contributed by atoms with Gasteiger partial charge in [-0.25, -0.2) is 14.4 Å². The van der Waals surface area contributed by atoms with Gasteiger partial charge in [-0.2, -0.15) is 0 Å². The zero-order valence-electron chi connectivity index (χ0n) is 27.2. The summed E-state index contributed by atoms with van der Waals surface area (Å²) >= 11 is 14.0. The zero-order valence-corrected chi connectivity index (χ0v) is 28.7. The summed E-state index contributed by atoms with van der Waals surface area (Å²) in [6.45, 7) is 2.70. The Morgan fingerprint density at radius 2 is 1.80 bits per heavy atom. The van der Waals surface area contributed by atoms with Gasteiger partial charge in [0.15, 0.2) is 11.6 Å². The lowest BCUT2D eigenvalue weighted by Gasteiger charge is -2.18. The van der Waals surface area contributed by atoms with Crippen LogP contribution in [-0.4, -0.2) is 66.6 Å². The predicted octanol–water partition coefficient (Wildman–Crippen LogP) is 6.37. The second kappa shape index (κ2) is 15.5. The molecule has 49 heavy (non-hydrogen) atoms. The molecule has 0 spiro atoms. The van der Waals surface area contributed by atoms with Crippen LogP contribution in [0.5, 0.6) is 5.88 Å². The average molecular weight is 708 g/mol. The summed E-state index contributed by atoms with van der Waals surface area (Å²) in [5.74, 6) is -0.353. The molecule has 2 fully saturated rings. The summed E-state index contributed by atoms with van der Waals surface area (Å²) in [6.07, 6.45) is 3.60. The number of hydrogen-bond acceptors (Lipinski definition) is 9. The molecule has 0 saturated carbocycles. The molecule has 2 atom stereocenters. The van der Waals surface area contributed by atoms with Crippen molar-refractivity contribution in [2.75, 3.05) is 39.2 Å². The number of carbonyl (C=O) groups is 2. The summed E-state index contributed by atoms with van der Waals surface area (Å²) < 4.78 is 26.2. The van der Waals surface area contributed by atoms with Gasteiger partial charge in [0.25, 0.3) is 0 Å². The van der Waals surface area contributed by atoms with Crippen molar-refractivity contribution >= 4 is 46.6 Å². The summed E-state index contributed by atoms with van der Waals surface area (Å²) in [6, 6.07) is 16.6. The van der Waals surface area contributed by atoms with Crippen LogP contribution in [0, 0.1) is 11.7 Å². The molecule has 2 aliphatic heterocycles. The molecule has 0 unspecified atom stereocenters. The van der Waals surface area contributed by atoms with E-state index < -0.39 is 5.82 Å². The zero-order chi connectivity index (χ0) is 34.5. The van der Waals surface area contributed by atoms with Gasteiger partial charge in [0, 0.05) is 72.7 Å². The van der Waals surface area contributed by atoms with Gasteiger partial charge in [0.1, 0.15) is 0 Å². The molecule has 3 N–H and O–H groups in total. The van der Waals surface area contributed by atoms with Crippen molar-refractivity contribution in [3.63, 3.8) is 0 Å². The van der Waals surface area contributed by atoms with Crippen molar-refractivity contribution in [1.82, 2.24) is 25.5 Å². The number of ether oxygens (including phenoxy) is 2. The summed E-state index contributed by atoms with van der Waals surface area (Å²) in [7, 11) is 2.95. The maximum absolute atomic E-state index is 15.7. The summed E-state index contributed by atoms with van der Waals surface area (Å²) in [5, 5.41) is 10.2. The highest BCUT2D eigenvalue weighted by molar-refractivity contribution is 6.39. The standard InChI is InChI=1S/C36H37Cl2FN6O4/c1-48-35-21(17-40-18-24-10-12-30(46)42-24)9-11-28(44-35)27-7-3-5-25(31(27)37)26-6-4-8-29(32(26)38)43-34-33(39)22(13-15-41-34)19-45-16-14-23(20-45)36(47)49-2/h3-9,11,13,15,23-24,40H,10,12,14,16-20H2,1-2H3,(H,41,43)(H,42,46)/t23-,24+/m1/s1. The lowest BCUT2D eigenvalue weighted by Crippen LogP contribution is -2.35. The number of rotatable bonds is 12. The molecular formula is C36H37Cl2FN6O4. The first-order valence-electron chi connectivity index (χ1n) is 16.1. The number of pyridine rings is 2. The first kappa shape index (κ1) is 34.6.